The van der Waals surface area contributed by atoms with Crippen LogP contribution >= 0.6 is 0 Å². The summed E-state index contributed by atoms with van der Waals surface area (Å²) in [6.07, 6.45) is 4.22. The van der Waals surface area contributed by atoms with E-state index < -0.39 is 23.5 Å². The van der Waals surface area contributed by atoms with E-state index in [0.717, 1.165) is 25.7 Å². The number of aliphatic hydroxyl groups is 1. The summed E-state index contributed by atoms with van der Waals surface area (Å²) in [4.78, 5) is 22.7. The first-order valence-corrected chi connectivity index (χ1v) is 8.75. The average molecular weight is 325 g/mol. The zero-order valence-corrected chi connectivity index (χ0v) is 13.9. The minimum atomic E-state index is -0.903. The number of aliphatic carboxylic acids is 1. The summed E-state index contributed by atoms with van der Waals surface area (Å²) in [6, 6.07) is -0.856. The lowest BCUT2D eigenvalue weighted by atomic mass is 9.44. The molecule has 0 saturated heterocycles. The van der Waals surface area contributed by atoms with Crippen molar-refractivity contribution in [3.05, 3.63) is 10.1 Å². The fourth-order valence-corrected chi connectivity index (χ4v) is 6.24. The van der Waals surface area contributed by atoms with Crippen LogP contribution in [0.3, 0.4) is 0 Å². The van der Waals surface area contributed by atoms with Gasteiger partial charge in [0.25, 0.3) is 0 Å². The van der Waals surface area contributed by atoms with E-state index in [1.54, 1.807) is 0 Å². The molecule has 2 N–H and O–H groups in total. The number of carboxylic acids is 1. The monoisotopic (exact) mass is 325 g/mol. The predicted molar refractivity (Wildman–Crippen MR) is 83.4 cm³/mol. The zero-order chi connectivity index (χ0) is 17.0. The highest BCUT2D eigenvalue weighted by atomic mass is 16.6. The third-order valence-corrected chi connectivity index (χ3v) is 7.46. The summed E-state index contributed by atoms with van der Waals surface area (Å²) < 4.78 is 0. The van der Waals surface area contributed by atoms with Crippen LogP contribution in [0.4, 0.5) is 0 Å². The Kier molecular flexibility index (Phi) is 3.94. The number of carboxylic acid groups (broad SMARTS) is 1. The van der Waals surface area contributed by atoms with E-state index in [9.17, 15) is 25.1 Å². The molecule has 0 aromatic carbocycles. The Labute approximate surface area is 136 Å². The normalized spacial score (nSPS) is 49.8. The molecule has 0 bridgehead atoms. The average Bonchev–Trinajstić information content (AvgIpc) is 2.46. The fourth-order valence-electron chi connectivity index (χ4n) is 6.24. The molecule has 3 fully saturated rings. The third-order valence-electron chi connectivity index (χ3n) is 7.46. The van der Waals surface area contributed by atoms with Gasteiger partial charge < -0.3 is 10.2 Å². The molecule has 6 nitrogen and oxygen atoms in total. The molecule has 3 saturated carbocycles. The molecular weight excluding hydrogens is 298 g/mol. The Morgan fingerprint density at radius 1 is 1.22 bits per heavy atom. The van der Waals surface area contributed by atoms with Crippen LogP contribution in [0.15, 0.2) is 0 Å². The van der Waals surface area contributed by atoms with Crippen molar-refractivity contribution in [1.29, 1.82) is 0 Å². The summed E-state index contributed by atoms with van der Waals surface area (Å²) in [5.74, 6) is -0.175. The lowest BCUT2D eigenvalue weighted by molar-refractivity contribution is -0.541. The van der Waals surface area contributed by atoms with Gasteiger partial charge in [0.05, 0.1) is 5.41 Å². The molecule has 3 rings (SSSR count). The minimum absolute atomic E-state index is 0.0989. The van der Waals surface area contributed by atoms with Gasteiger partial charge in [0.1, 0.15) is 6.10 Å². The first-order chi connectivity index (χ1) is 10.7. The molecule has 3 aliphatic rings. The maximum absolute atomic E-state index is 11.9. The number of rotatable bonds is 2. The van der Waals surface area contributed by atoms with Gasteiger partial charge in [-0.1, -0.05) is 13.3 Å². The van der Waals surface area contributed by atoms with Crippen LogP contribution in [0.25, 0.3) is 0 Å². The SMILES string of the molecule is CC12CCC[C@](C)(C(=O)O)C1CCC1CC([N+](=O)[O-])C(O)CC12. The van der Waals surface area contributed by atoms with Crippen molar-refractivity contribution in [1.82, 2.24) is 0 Å². The maximum Gasteiger partial charge on any atom is 0.309 e. The predicted octanol–water partition coefficient (Wildman–Crippen LogP) is 2.71. The Morgan fingerprint density at radius 3 is 2.52 bits per heavy atom. The Bertz CT molecular complexity index is 523. The van der Waals surface area contributed by atoms with Crippen LogP contribution in [0, 0.1) is 38.7 Å². The van der Waals surface area contributed by atoms with E-state index in [4.69, 9.17) is 0 Å². The molecule has 0 radical (unpaired) electrons. The van der Waals surface area contributed by atoms with E-state index in [-0.39, 0.29) is 28.1 Å². The van der Waals surface area contributed by atoms with Gasteiger partial charge in [-0.15, -0.1) is 0 Å². The summed E-state index contributed by atoms with van der Waals surface area (Å²) in [5.41, 5.74) is -0.834. The largest absolute Gasteiger partial charge is 0.481 e. The molecule has 6 unspecified atom stereocenters. The number of fused-ring (bicyclic) bond motifs is 3. The van der Waals surface area contributed by atoms with Crippen molar-refractivity contribution < 1.29 is 19.9 Å². The van der Waals surface area contributed by atoms with Gasteiger partial charge >= 0.3 is 5.97 Å². The number of nitro groups is 1. The molecule has 3 aliphatic carbocycles. The number of aliphatic hydroxyl groups excluding tert-OH is 1. The van der Waals surface area contributed by atoms with Gasteiger partial charge in [-0.05, 0) is 62.2 Å². The van der Waals surface area contributed by atoms with Gasteiger partial charge in [0.15, 0.2) is 0 Å². The Balaban J connectivity index is 1.91. The fraction of sp³-hybridized carbons (Fsp3) is 0.941. The van der Waals surface area contributed by atoms with Gasteiger partial charge in [-0.2, -0.15) is 0 Å². The number of hydrogen-bond acceptors (Lipinski definition) is 4. The molecule has 0 aromatic rings. The number of nitrogens with zero attached hydrogens (tertiary/aromatic N) is 1. The number of hydrogen-bond donors (Lipinski definition) is 2. The highest BCUT2D eigenvalue weighted by Gasteiger charge is 2.61. The summed E-state index contributed by atoms with van der Waals surface area (Å²) >= 11 is 0. The van der Waals surface area contributed by atoms with Crippen molar-refractivity contribution in [2.24, 2.45) is 28.6 Å². The third kappa shape index (κ3) is 2.37. The quantitative estimate of drug-likeness (QED) is 0.600. The molecule has 0 amide bonds. The molecule has 6 heteroatoms. The molecule has 7 atom stereocenters. The summed E-state index contributed by atoms with van der Waals surface area (Å²) in [5, 5.41) is 31.2. The van der Waals surface area contributed by atoms with E-state index in [0.29, 0.717) is 19.3 Å². The second-order valence-corrected chi connectivity index (χ2v) is 8.47. The highest BCUT2D eigenvalue weighted by molar-refractivity contribution is 5.75. The van der Waals surface area contributed by atoms with Crippen molar-refractivity contribution in [3.63, 3.8) is 0 Å². The molecule has 0 heterocycles. The molecule has 0 aromatic heterocycles. The topological polar surface area (TPSA) is 101 Å². The first-order valence-electron chi connectivity index (χ1n) is 8.75. The molecular formula is C17H27NO5. The second kappa shape index (κ2) is 5.43. The number of carbonyl (C=O) groups is 1. The minimum Gasteiger partial charge on any atom is -0.481 e. The van der Waals surface area contributed by atoms with Gasteiger partial charge in [-0.3, -0.25) is 14.9 Å². The van der Waals surface area contributed by atoms with Crippen LogP contribution in [0.1, 0.15) is 58.8 Å². The Morgan fingerprint density at radius 2 is 1.91 bits per heavy atom. The van der Waals surface area contributed by atoms with Crippen molar-refractivity contribution in [2.75, 3.05) is 0 Å². The van der Waals surface area contributed by atoms with Crippen LogP contribution in [-0.4, -0.2) is 33.3 Å². The van der Waals surface area contributed by atoms with Crippen molar-refractivity contribution in [2.45, 2.75) is 70.9 Å². The standard InChI is InChI=1S/C17H27NO5/c1-16-6-3-7-17(2,15(20)21)14(16)5-4-10-8-12(18(22)23)13(19)9-11(10)16/h10-14,19H,3-9H2,1-2H3,(H,20,21)/t10?,11?,12?,13?,14?,16?,17-/m0/s1. The van der Waals surface area contributed by atoms with E-state index in [2.05, 4.69) is 6.92 Å². The van der Waals surface area contributed by atoms with Gasteiger partial charge in [-0.25, -0.2) is 0 Å². The van der Waals surface area contributed by atoms with E-state index >= 15 is 0 Å². The Hall–Kier alpha value is -1.17. The van der Waals surface area contributed by atoms with Crippen LogP contribution in [-0.2, 0) is 4.79 Å². The van der Waals surface area contributed by atoms with Gasteiger partial charge in [0.2, 0.25) is 6.04 Å². The zero-order valence-electron chi connectivity index (χ0n) is 13.9. The lowest BCUT2D eigenvalue weighted by Crippen LogP contribution is -2.58. The van der Waals surface area contributed by atoms with Crippen molar-refractivity contribution in [3.8, 4) is 0 Å². The summed E-state index contributed by atoms with van der Waals surface area (Å²) in [7, 11) is 0. The van der Waals surface area contributed by atoms with Crippen LogP contribution < -0.4 is 0 Å². The lowest BCUT2D eigenvalue weighted by Gasteiger charge is -2.60. The smallest absolute Gasteiger partial charge is 0.309 e. The van der Waals surface area contributed by atoms with E-state index in [1.165, 1.54) is 0 Å². The second-order valence-electron chi connectivity index (χ2n) is 8.47. The molecule has 23 heavy (non-hydrogen) atoms. The van der Waals surface area contributed by atoms with Gasteiger partial charge in [0, 0.05) is 11.3 Å². The highest BCUT2D eigenvalue weighted by Crippen LogP contribution is 2.63. The summed E-state index contributed by atoms with van der Waals surface area (Å²) in [6.45, 7) is 4.05. The molecule has 130 valence electrons. The van der Waals surface area contributed by atoms with E-state index in [1.807, 2.05) is 6.92 Å². The molecule has 0 aliphatic heterocycles. The van der Waals surface area contributed by atoms with Crippen molar-refractivity contribution >= 4 is 5.97 Å². The first kappa shape index (κ1) is 16.7. The van der Waals surface area contributed by atoms with Crippen LogP contribution in [0.2, 0.25) is 0 Å². The molecule has 0 spiro atoms. The maximum atomic E-state index is 11.9. The van der Waals surface area contributed by atoms with Crippen LogP contribution in [0.5, 0.6) is 0 Å².